The molecule has 72 heavy (non-hydrogen) atoms. The van der Waals surface area contributed by atoms with Crippen molar-refractivity contribution in [3.05, 3.63) is 282 Å². The van der Waals surface area contributed by atoms with E-state index in [-0.39, 0.29) is 0 Å². The fourth-order valence-corrected chi connectivity index (χ4v) is 11.1. The van der Waals surface area contributed by atoms with Crippen molar-refractivity contribution in [3.8, 4) is 11.1 Å². The molecule has 11 aromatic rings. The SMILES string of the molecule is Cc1cc(C)cc(N(c2ccc(-c3ccc(/C=C/C4=CCC(c5ccc(N(c6cc(C)cc(C)c6)c6cc7ccccc7c7ccccc67)cc5)C=C4)cc3)cc2)c2cc3ccccc3c3ccccc23)c1. The molecule has 1 unspecified atom stereocenters. The second-order valence-corrected chi connectivity index (χ2v) is 19.7. The lowest BCUT2D eigenvalue weighted by Gasteiger charge is -2.28. The van der Waals surface area contributed by atoms with Crippen molar-refractivity contribution in [1.29, 1.82) is 0 Å². The summed E-state index contributed by atoms with van der Waals surface area (Å²) >= 11 is 0. The van der Waals surface area contributed by atoms with Crippen LogP contribution in [0.2, 0.25) is 0 Å². The largest absolute Gasteiger partial charge is 0.310 e. The quantitative estimate of drug-likeness (QED) is 0.126. The Morgan fingerprint density at radius 1 is 0.375 bits per heavy atom. The highest BCUT2D eigenvalue weighted by Crippen LogP contribution is 2.45. The van der Waals surface area contributed by atoms with E-state index in [1.54, 1.807) is 0 Å². The van der Waals surface area contributed by atoms with Gasteiger partial charge < -0.3 is 9.80 Å². The van der Waals surface area contributed by atoms with Crippen LogP contribution in [0.1, 0.15) is 45.7 Å². The van der Waals surface area contributed by atoms with Gasteiger partial charge >= 0.3 is 0 Å². The summed E-state index contributed by atoms with van der Waals surface area (Å²) in [5.41, 5.74) is 18.1. The van der Waals surface area contributed by atoms with Gasteiger partial charge in [0.25, 0.3) is 0 Å². The highest BCUT2D eigenvalue weighted by molar-refractivity contribution is 6.16. The molecular weight excluding hydrogens is 869 g/mol. The zero-order valence-corrected chi connectivity index (χ0v) is 41.4. The number of hydrogen-bond acceptors (Lipinski definition) is 2. The van der Waals surface area contributed by atoms with Gasteiger partial charge in [0, 0.05) is 39.4 Å². The zero-order valence-electron chi connectivity index (χ0n) is 41.4. The van der Waals surface area contributed by atoms with E-state index in [9.17, 15) is 0 Å². The van der Waals surface area contributed by atoms with Gasteiger partial charge in [-0.05, 0) is 177 Å². The molecule has 2 nitrogen and oxygen atoms in total. The standard InChI is InChI=1S/C70H56N2/c1-47-39-48(2)42-61(41-47)71(69-45-57-13-5-7-15-63(57)65-17-9-11-19-67(65)69)59-35-31-55(32-36-59)53-27-23-51(24-28-53)21-22-52-25-29-54(30-26-52)56-33-37-60(38-34-56)72(62-43-49(3)40-50(4)44-62)70-46-58-14-6-8-16-64(58)66-18-10-12-20-68(66)70/h5-29,31-46,54H,30H2,1-4H3/b22-21+. The number of fused-ring (bicyclic) bond motifs is 6. The molecule has 1 atom stereocenters. The third-order valence-electron chi connectivity index (χ3n) is 14.4. The maximum Gasteiger partial charge on any atom is 0.0546 e. The summed E-state index contributed by atoms with van der Waals surface area (Å²) in [6, 6.07) is 80.7. The zero-order chi connectivity index (χ0) is 48.7. The monoisotopic (exact) mass is 924 g/mol. The summed E-state index contributed by atoms with van der Waals surface area (Å²) in [6.07, 6.45) is 12.4. The summed E-state index contributed by atoms with van der Waals surface area (Å²) < 4.78 is 0. The first-order valence-corrected chi connectivity index (χ1v) is 25.2. The number of anilines is 6. The van der Waals surface area contributed by atoms with Crippen molar-refractivity contribution in [1.82, 2.24) is 0 Å². The van der Waals surface area contributed by atoms with Crippen LogP contribution < -0.4 is 9.80 Å². The average molecular weight is 925 g/mol. The highest BCUT2D eigenvalue weighted by atomic mass is 15.1. The van der Waals surface area contributed by atoms with Crippen molar-refractivity contribution >= 4 is 83.3 Å². The molecule has 0 bridgehead atoms. The van der Waals surface area contributed by atoms with Gasteiger partial charge in [0.05, 0.1) is 11.4 Å². The molecule has 2 heteroatoms. The minimum Gasteiger partial charge on any atom is -0.310 e. The first kappa shape index (κ1) is 44.5. The molecule has 0 saturated heterocycles. The fourth-order valence-electron chi connectivity index (χ4n) is 11.1. The summed E-state index contributed by atoms with van der Waals surface area (Å²) in [4.78, 5) is 4.87. The summed E-state index contributed by atoms with van der Waals surface area (Å²) in [6.45, 7) is 8.75. The number of aryl methyl sites for hydroxylation is 4. The Kier molecular flexibility index (Phi) is 11.7. The van der Waals surface area contributed by atoms with Crippen LogP contribution in [0.25, 0.3) is 60.3 Å². The Morgan fingerprint density at radius 3 is 1.25 bits per heavy atom. The van der Waals surface area contributed by atoms with Crippen molar-refractivity contribution < 1.29 is 0 Å². The number of benzene rings is 11. The smallest absolute Gasteiger partial charge is 0.0546 e. The van der Waals surface area contributed by atoms with Crippen LogP contribution in [0, 0.1) is 27.7 Å². The minimum atomic E-state index is 0.318. The summed E-state index contributed by atoms with van der Waals surface area (Å²) in [5, 5.41) is 10.0. The van der Waals surface area contributed by atoms with E-state index in [2.05, 4.69) is 286 Å². The Labute approximate surface area is 423 Å². The maximum absolute atomic E-state index is 2.44. The number of hydrogen-bond donors (Lipinski definition) is 0. The van der Waals surface area contributed by atoms with E-state index in [1.165, 1.54) is 110 Å². The molecule has 0 spiro atoms. The van der Waals surface area contributed by atoms with Crippen LogP contribution >= 0.6 is 0 Å². The Balaban J connectivity index is 0.763. The van der Waals surface area contributed by atoms with Crippen LogP contribution in [0.15, 0.2) is 248 Å². The van der Waals surface area contributed by atoms with E-state index in [1.807, 2.05) is 0 Å². The lowest BCUT2D eigenvalue weighted by atomic mass is 9.89. The number of nitrogens with zero attached hydrogens (tertiary/aromatic N) is 2. The van der Waals surface area contributed by atoms with Crippen LogP contribution in [0.4, 0.5) is 34.1 Å². The molecule has 0 fully saturated rings. The predicted molar refractivity (Wildman–Crippen MR) is 310 cm³/mol. The average Bonchev–Trinajstić information content (AvgIpc) is 3.41. The molecule has 12 rings (SSSR count). The van der Waals surface area contributed by atoms with Crippen molar-refractivity contribution in [2.24, 2.45) is 0 Å². The summed E-state index contributed by atoms with van der Waals surface area (Å²) in [7, 11) is 0. The Bertz CT molecular complexity index is 3890. The van der Waals surface area contributed by atoms with Gasteiger partial charge in [-0.2, -0.15) is 0 Å². The molecule has 11 aromatic carbocycles. The second-order valence-electron chi connectivity index (χ2n) is 19.7. The van der Waals surface area contributed by atoms with Crippen LogP contribution in [0.3, 0.4) is 0 Å². The van der Waals surface area contributed by atoms with E-state index in [0.717, 1.165) is 23.5 Å². The molecule has 0 amide bonds. The number of rotatable bonds is 10. The van der Waals surface area contributed by atoms with Crippen molar-refractivity contribution in [3.63, 3.8) is 0 Å². The maximum atomic E-state index is 2.44. The van der Waals surface area contributed by atoms with Gasteiger partial charge in [-0.15, -0.1) is 0 Å². The summed E-state index contributed by atoms with van der Waals surface area (Å²) in [5.74, 6) is 0.318. The Hall–Kier alpha value is -8.72. The molecule has 0 N–H and O–H groups in total. The first-order valence-electron chi connectivity index (χ1n) is 25.2. The van der Waals surface area contributed by atoms with E-state index in [0.29, 0.717) is 5.92 Å². The highest BCUT2D eigenvalue weighted by Gasteiger charge is 2.21. The van der Waals surface area contributed by atoms with Gasteiger partial charge in [-0.3, -0.25) is 0 Å². The van der Waals surface area contributed by atoms with Gasteiger partial charge in [-0.25, -0.2) is 0 Å². The fraction of sp³-hybridized carbons (Fsp3) is 0.0857. The minimum absolute atomic E-state index is 0.318. The molecule has 0 radical (unpaired) electrons. The lowest BCUT2D eigenvalue weighted by Crippen LogP contribution is -2.11. The molecule has 346 valence electrons. The van der Waals surface area contributed by atoms with E-state index < -0.39 is 0 Å². The van der Waals surface area contributed by atoms with E-state index >= 15 is 0 Å². The van der Waals surface area contributed by atoms with Gasteiger partial charge in [0.2, 0.25) is 0 Å². The molecule has 1 aliphatic carbocycles. The molecule has 0 aromatic heterocycles. The van der Waals surface area contributed by atoms with Gasteiger partial charge in [0.15, 0.2) is 0 Å². The van der Waals surface area contributed by atoms with Crippen LogP contribution in [0.5, 0.6) is 0 Å². The lowest BCUT2D eigenvalue weighted by molar-refractivity contribution is 0.848. The Morgan fingerprint density at radius 2 is 0.792 bits per heavy atom. The first-order chi connectivity index (χ1) is 35.3. The van der Waals surface area contributed by atoms with Crippen molar-refractivity contribution in [2.75, 3.05) is 9.80 Å². The molecule has 1 aliphatic rings. The normalized spacial score (nSPS) is 13.6. The number of allylic oxidation sites excluding steroid dienone is 5. The molecule has 0 saturated carbocycles. The molecule has 0 heterocycles. The van der Waals surface area contributed by atoms with Crippen LogP contribution in [-0.2, 0) is 0 Å². The van der Waals surface area contributed by atoms with Gasteiger partial charge in [-0.1, -0.05) is 188 Å². The topological polar surface area (TPSA) is 6.48 Å². The van der Waals surface area contributed by atoms with Crippen LogP contribution in [-0.4, -0.2) is 0 Å². The van der Waals surface area contributed by atoms with Gasteiger partial charge in [0.1, 0.15) is 0 Å². The second kappa shape index (κ2) is 18.9. The third kappa shape index (κ3) is 8.67. The van der Waals surface area contributed by atoms with E-state index in [4.69, 9.17) is 0 Å². The molecule has 0 aliphatic heterocycles. The predicted octanol–water partition coefficient (Wildman–Crippen LogP) is 19.8. The third-order valence-corrected chi connectivity index (χ3v) is 14.4. The molecular formula is C70H56N2. The van der Waals surface area contributed by atoms with Crippen molar-refractivity contribution in [2.45, 2.75) is 40.0 Å².